The van der Waals surface area contributed by atoms with Crippen LogP contribution in [0.3, 0.4) is 0 Å². The van der Waals surface area contributed by atoms with Gasteiger partial charge in [-0.2, -0.15) is 0 Å². The molecule has 30 heavy (non-hydrogen) atoms. The Morgan fingerprint density at radius 1 is 0.967 bits per heavy atom. The minimum absolute atomic E-state index is 0.00341. The first-order chi connectivity index (χ1) is 14.2. The first-order valence-corrected chi connectivity index (χ1v) is 10.0. The molecule has 0 bridgehead atoms. The Hall–Kier alpha value is -2.83. The molecule has 0 unspecified atom stereocenters. The number of carbonyl (C=O) groups is 3. The van der Waals surface area contributed by atoms with Crippen LogP contribution in [0.4, 0.5) is 0 Å². The van der Waals surface area contributed by atoms with Gasteiger partial charge in [-0.3, -0.25) is 14.4 Å². The average molecular weight is 448 g/mol. The SMILES string of the molecule is CCn1c(C(=O)c2ccccc2)c(C(CC)(C(=O)O)C(=O)O)c2cc(Cl)c(Cl)cc21. The number of ketones is 1. The Labute approximate surface area is 182 Å². The summed E-state index contributed by atoms with van der Waals surface area (Å²) in [7, 11) is 0. The number of aryl methyl sites for hydroxylation is 1. The predicted octanol–water partition coefficient (Wildman–Crippen LogP) is 5.02. The van der Waals surface area contributed by atoms with Gasteiger partial charge in [-0.05, 0) is 25.5 Å². The zero-order valence-corrected chi connectivity index (χ0v) is 17.8. The topological polar surface area (TPSA) is 96.6 Å². The average Bonchev–Trinajstić information content (AvgIpc) is 3.02. The predicted molar refractivity (Wildman–Crippen MR) is 115 cm³/mol. The fourth-order valence-corrected chi connectivity index (χ4v) is 4.17. The smallest absolute Gasteiger partial charge is 0.325 e. The maximum atomic E-state index is 13.5. The molecule has 0 saturated heterocycles. The highest BCUT2D eigenvalue weighted by molar-refractivity contribution is 6.43. The van der Waals surface area contributed by atoms with Crippen molar-refractivity contribution in [3.8, 4) is 0 Å². The number of aliphatic carboxylic acids is 2. The van der Waals surface area contributed by atoms with E-state index < -0.39 is 23.1 Å². The number of aromatic nitrogens is 1. The number of nitrogens with zero attached hydrogens (tertiary/aromatic N) is 1. The summed E-state index contributed by atoms with van der Waals surface area (Å²) in [6.07, 6.45) is -0.268. The summed E-state index contributed by atoms with van der Waals surface area (Å²) in [5, 5.41) is 20.7. The molecular formula is C22H19Cl2NO5. The maximum Gasteiger partial charge on any atom is 0.325 e. The molecule has 0 saturated carbocycles. The molecule has 3 rings (SSSR count). The van der Waals surface area contributed by atoms with Crippen molar-refractivity contribution in [3.05, 3.63) is 69.3 Å². The van der Waals surface area contributed by atoms with Crippen LogP contribution in [-0.4, -0.2) is 32.5 Å². The van der Waals surface area contributed by atoms with Gasteiger partial charge >= 0.3 is 11.9 Å². The molecule has 2 aromatic carbocycles. The lowest BCUT2D eigenvalue weighted by atomic mass is 9.75. The van der Waals surface area contributed by atoms with Gasteiger partial charge in [-0.25, -0.2) is 0 Å². The van der Waals surface area contributed by atoms with Crippen LogP contribution in [0, 0.1) is 0 Å². The molecular weight excluding hydrogens is 429 g/mol. The fraction of sp³-hybridized carbons (Fsp3) is 0.227. The van der Waals surface area contributed by atoms with E-state index in [2.05, 4.69) is 0 Å². The van der Waals surface area contributed by atoms with E-state index in [0.29, 0.717) is 17.6 Å². The number of carboxylic acid groups (broad SMARTS) is 2. The van der Waals surface area contributed by atoms with Crippen LogP contribution in [0.25, 0.3) is 10.9 Å². The maximum absolute atomic E-state index is 13.5. The van der Waals surface area contributed by atoms with Crippen molar-refractivity contribution in [2.24, 2.45) is 0 Å². The van der Waals surface area contributed by atoms with Gasteiger partial charge in [0.05, 0.1) is 21.3 Å². The third kappa shape index (κ3) is 3.16. The van der Waals surface area contributed by atoms with E-state index in [-0.39, 0.29) is 33.1 Å². The molecule has 0 aliphatic heterocycles. The number of rotatable bonds is 7. The van der Waals surface area contributed by atoms with E-state index in [1.165, 1.54) is 19.1 Å². The van der Waals surface area contributed by atoms with Crippen LogP contribution < -0.4 is 0 Å². The zero-order valence-electron chi connectivity index (χ0n) is 16.3. The Morgan fingerprint density at radius 3 is 2.03 bits per heavy atom. The molecule has 156 valence electrons. The molecule has 3 aromatic rings. The molecule has 1 aromatic heterocycles. The second kappa shape index (κ2) is 8.13. The van der Waals surface area contributed by atoms with Crippen LogP contribution in [0.5, 0.6) is 0 Å². The molecule has 0 spiro atoms. The van der Waals surface area contributed by atoms with Crippen LogP contribution in [0.2, 0.25) is 10.0 Å². The van der Waals surface area contributed by atoms with E-state index >= 15 is 0 Å². The van der Waals surface area contributed by atoms with Gasteiger partial charge in [0.2, 0.25) is 5.78 Å². The monoisotopic (exact) mass is 447 g/mol. The Balaban J connectivity index is 2.57. The van der Waals surface area contributed by atoms with Gasteiger partial charge < -0.3 is 14.8 Å². The van der Waals surface area contributed by atoms with Crippen molar-refractivity contribution >= 4 is 51.8 Å². The zero-order chi connectivity index (χ0) is 22.2. The number of halogens is 2. The van der Waals surface area contributed by atoms with Crippen LogP contribution >= 0.6 is 23.2 Å². The number of hydrogen-bond donors (Lipinski definition) is 2. The number of carbonyl (C=O) groups excluding carboxylic acids is 1. The van der Waals surface area contributed by atoms with Crippen molar-refractivity contribution in [1.82, 2.24) is 4.57 Å². The molecule has 6 nitrogen and oxygen atoms in total. The van der Waals surface area contributed by atoms with Crippen LogP contribution in [-0.2, 0) is 21.5 Å². The lowest BCUT2D eigenvalue weighted by Gasteiger charge is -2.25. The third-order valence-electron chi connectivity index (χ3n) is 5.36. The standard InChI is InChI=1S/C22H19Cl2NO5/c1-3-22(20(27)28,21(29)30)17-13-10-14(23)15(24)11-16(13)25(4-2)18(17)19(26)12-8-6-5-7-9-12/h5-11H,3-4H2,1-2H3,(H,27,28)(H,29,30). The van der Waals surface area contributed by atoms with E-state index in [4.69, 9.17) is 23.2 Å². The van der Waals surface area contributed by atoms with Crippen molar-refractivity contribution in [2.75, 3.05) is 0 Å². The van der Waals surface area contributed by atoms with Gasteiger partial charge in [-0.1, -0.05) is 60.5 Å². The van der Waals surface area contributed by atoms with E-state index in [1.807, 2.05) is 0 Å². The highest BCUT2D eigenvalue weighted by Crippen LogP contribution is 2.42. The summed E-state index contributed by atoms with van der Waals surface area (Å²) in [5.74, 6) is -3.59. The summed E-state index contributed by atoms with van der Waals surface area (Å²) in [6.45, 7) is 3.54. The van der Waals surface area contributed by atoms with E-state index in [1.54, 1.807) is 41.8 Å². The van der Waals surface area contributed by atoms with Gasteiger partial charge in [0, 0.05) is 23.1 Å². The number of benzene rings is 2. The number of carboxylic acids is 2. The molecule has 8 heteroatoms. The first-order valence-electron chi connectivity index (χ1n) is 9.28. The Morgan fingerprint density at radius 2 is 1.53 bits per heavy atom. The van der Waals surface area contributed by atoms with Crippen molar-refractivity contribution < 1.29 is 24.6 Å². The molecule has 2 N–H and O–H groups in total. The number of hydrogen-bond acceptors (Lipinski definition) is 3. The largest absolute Gasteiger partial charge is 0.480 e. The summed E-state index contributed by atoms with van der Waals surface area (Å²) in [6, 6.07) is 11.3. The summed E-state index contributed by atoms with van der Waals surface area (Å²) >= 11 is 12.4. The Bertz CT molecular complexity index is 1150. The molecule has 1 heterocycles. The van der Waals surface area contributed by atoms with Gasteiger partial charge in [0.15, 0.2) is 5.41 Å². The summed E-state index contributed by atoms with van der Waals surface area (Å²) in [4.78, 5) is 38.2. The molecule has 0 atom stereocenters. The van der Waals surface area contributed by atoms with Crippen LogP contribution in [0.15, 0.2) is 42.5 Å². The lowest BCUT2D eigenvalue weighted by Crippen LogP contribution is -2.44. The summed E-state index contributed by atoms with van der Waals surface area (Å²) < 4.78 is 1.60. The van der Waals surface area contributed by atoms with Crippen molar-refractivity contribution in [3.63, 3.8) is 0 Å². The molecule has 0 radical (unpaired) electrons. The van der Waals surface area contributed by atoms with Crippen molar-refractivity contribution in [1.29, 1.82) is 0 Å². The summed E-state index contributed by atoms with van der Waals surface area (Å²) in [5.41, 5.74) is -1.66. The quantitative estimate of drug-likeness (QED) is 0.391. The van der Waals surface area contributed by atoms with Gasteiger partial charge in [0.25, 0.3) is 0 Å². The molecule has 0 aliphatic carbocycles. The number of fused-ring (bicyclic) bond motifs is 1. The Kier molecular flexibility index (Phi) is 5.92. The molecule has 0 fully saturated rings. The van der Waals surface area contributed by atoms with Gasteiger partial charge in [-0.15, -0.1) is 0 Å². The molecule has 0 amide bonds. The first kappa shape index (κ1) is 21.9. The normalized spacial score (nSPS) is 11.6. The second-order valence-corrected chi connectivity index (χ2v) is 7.63. The lowest BCUT2D eigenvalue weighted by molar-refractivity contribution is -0.157. The minimum Gasteiger partial charge on any atom is -0.480 e. The van der Waals surface area contributed by atoms with E-state index in [0.717, 1.165) is 0 Å². The molecule has 0 aliphatic rings. The fourth-order valence-electron chi connectivity index (χ4n) is 3.85. The van der Waals surface area contributed by atoms with E-state index in [9.17, 15) is 24.6 Å². The van der Waals surface area contributed by atoms with Gasteiger partial charge in [0.1, 0.15) is 0 Å². The van der Waals surface area contributed by atoms with Crippen LogP contribution in [0.1, 0.15) is 41.9 Å². The highest BCUT2D eigenvalue weighted by atomic mass is 35.5. The minimum atomic E-state index is -2.34. The van der Waals surface area contributed by atoms with Crippen molar-refractivity contribution in [2.45, 2.75) is 32.2 Å². The second-order valence-electron chi connectivity index (χ2n) is 6.82. The highest BCUT2D eigenvalue weighted by Gasteiger charge is 2.51. The third-order valence-corrected chi connectivity index (χ3v) is 6.08.